The third-order valence-electron chi connectivity index (χ3n) is 5.26. The van der Waals surface area contributed by atoms with Crippen molar-refractivity contribution in [3.05, 3.63) is 0 Å². The number of esters is 1. The van der Waals surface area contributed by atoms with Crippen LogP contribution in [0.1, 0.15) is 20.3 Å². The number of aliphatic hydroxyl groups excluding tert-OH is 3. The molecule has 0 aromatic heterocycles. The first-order chi connectivity index (χ1) is 12.3. The summed E-state index contributed by atoms with van der Waals surface area (Å²) in [6.07, 6.45) is -10.2. The molecule has 0 aromatic carbocycles. The molecule has 27 heavy (non-hydrogen) atoms. The second-order valence-electron chi connectivity index (χ2n) is 7.18. The fourth-order valence-corrected chi connectivity index (χ4v) is 5.71. The van der Waals surface area contributed by atoms with E-state index in [4.69, 9.17) is 9.84 Å². The molecule has 12 nitrogen and oxygen atoms in total. The van der Waals surface area contributed by atoms with Crippen molar-refractivity contribution in [3.8, 4) is 0 Å². The number of carboxylic acid groups (broad SMARTS) is 1. The van der Waals surface area contributed by atoms with Gasteiger partial charge in [0.15, 0.2) is 28.3 Å². The Bertz CT molecular complexity index is 793. The number of hydrogen-bond donors (Lipinski definition) is 4. The van der Waals surface area contributed by atoms with Gasteiger partial charge in [-0.15, -0.1) is 0 Å². The van der Waals surface area contributed by atoms with Crippen molar-refractivity contribution >= 4 is 27.7 Å². The molecule has 0 aromatic rings. The maximum Gasteiger partial charge on any atom is 0.335 e. The molecular weight excluding hydrogens is 390 g/mol. The zero-order valence-corrected chi connectivity index (χ0v) is 15.1. The second-order valence-corrected chi connectivity index (χ2v) is 9.87. The SMILES string of the molecule is CC1(C)[C@H](C(=O)O[C@@H]2[C@@H](O)[C@H](O)[C@@H](C(=O)O)O[C@H]2O)N2C(=O)C[C@H]2S1(=O)=O. The topological polar surface area (TPSA) is 188 Å². The highest BCUT2D eigenvalue weighted by Crippen LogP contribution is 2.46. The number of β-lactam (4-membered cyclic amide) rings is 1. The van der Waals surface area contributed by atoms with E-state index in [0.29, 0.717) is 0 Å². The second kappa shape index (κ2) is 6.10. The van der Waals surface area contributed by atoms with E-state index in [-0.39, 0.29) is 6.42 Å². The molecule has 0 saturated carbocycles. The van der Waals surface area contributed by atoms with Crippen LogP contribution < -0.4 is 0 Å². The molecular formula is C14H19NO11S. The number of carbonyl (C=O) groups is 3. The molecule has 3 saturated heterocycles. The number of hydrogen-bond acceptors (Lipinski definition) is 10. The summed E-state index contributed by atoms with van der Waals surface area (Å²) >= 11 is 0. The fourth-order valence-electron chi connectivity index (χ4n) is 3.59. The van der Waals surface area contributed by atoms with Gasteiger partial charge in [0.25, 0.3) is 0 Å². The molecule has 0 radical (unpaired) electrons. The van der Waals surface area contributed by atoms with Crippen molar-refractivity contribution in [2.75, 3.05) is 0 Å². The van der Waals surface area contributed by atoms with Crippen molar-refractivity contribution in [1.29, 1.82) is 0 Å². The minimum absolute atomic E-state index is 0.258. The van der Waals surface area contributed by atoms with Crippen molar-refractivity contribution in [2.45, 2.75) is 67.1 Å². The quantitative estimate of drug-likeness (QED) is 0.268. The number of amides is 1. The number of rotatable bonds is 3. The van der Waals surface area contributed by atoms with Gasteiger partial charge in [-0.2, -0.15) is 0 Å². The Balaban J connectivity index is 1.83. The number of sulfone groups is 1. The molecule has 3 heterocycles. The van der Waals surface area contributed by atoms with E-state index in [9.17, 15) is 38.1 Å². The van der Waals surface area contributed by atoms with Gasteiger partial charge in [0.05, 0.1) is 11.2 Å². The molecule has 1 amide bonds. The van der Waals surface area contributed by atoms with E-state index in [2.05, 4.69) is 4.74 Å². The molecule has 0 spiro atoms. The first-order valence-corrected chi connectivity index (χ1v) is 9.54. The van der Waals surface area contributed by atoms with Gasteiger partial charge in [0, 0.05) is 0 Å². The first kappa shape index (κ1) is 19.9. The van der Waals surface area contributed by atoms with Crippen LogP contribution in [0.25, 0.3) is 0 Å². The van der Waals surface area contributed by atoms with Crippen molar-refractivity contribution in [2.24, 2.45) is 0 Å². The third-order valence-corrected chi connectivity index (χ3v) is 8.06. The molecule has 4 N–H and O–H groups in total. The molecule has 7 atom stereocenters. The Hall–Kier alpha value is -1.80. The minimum Gasteiger partial charge on any atom is -0.479 e. The summed E-state index contributed by atoms with van der Waals surface area (Å²) in [5.41, 5.74) is 0. The molecule has 3 aliphatic rings. The van der Waals surface area contributed by atoms with E-state index in [1.807, 2.05) is 0 Å². The summed E-state index contributed by atoms with van der Waals surface area (Å²) < 4.78 is 32.9. The molecule has 3 fully saturated rings. The summed E-state index contributed by atoms with van der Waals surface area (Å²) in [5, 5.41) is 37.4. The third kappa shape index (κ3) is 2.64. The highest BCUT2D eigenvalue weighted by Gasteiger charge is 2.68. The summed E-state index contributed by atoms with van der Waals surface area (Å²) in [6, 6.07) is -1.53. The molecule has 0 bridgehead atoms. The highest BCUT2D eigenvalue weighted by molar-refractivity contribution is 7.93. The van der Waals surface area contributed by atoms with Gasteiger partial charge in [-0.3, -0.25) is 4.79 Å². The molecule has 152 valence electrons. The van der Waals surface area contributed by atoms with Gasteiger partial charge in [-0.1, -0.05) is 0 Å². The lowest BCUT2D eigenvalue weighted by Crippen LogP contribution is -2.63. The summed E-state index contributed by atoms with van der Waals surface area (Å²) in [4.78, 5) is 36.2. The number of aliphatic hydroxyl groups is 3. The van der Waals surface area contributed by atoms with Crippen LogP contribution in [-0.4, -0.2) is 98.5 Å². The predicted molar refractivity (Wildman–Crippen MR) is 82.4 cm³/mol. The van der Waals surface area contributed by atoms with Crippen LogP contribution >= 0.6 is 0 Å². The summed E-state index contributed by atoms with van der Waals surface area (Å²) in [7, 11) is -3.87. The largest absolute Gasteiger partial charge is 0.479 e. The van der Waals surface area contributed by atoms with Crippen LogP contribution in [0, 0.1) is 0 Å². The van der Waals surface area contributed by atoms with Crippen molar-refractivity contribution in [1.82, 2.24) is 4.90 Å². The highest BCUT2D eigenvalue weighted by atomic mass is 32.2. The number of nitrogens with zero attached hydrogens (tertiary/aromatic N) is 1. The lowest BCUT2D eigenvalue weighted by molar-refractivity contribution is -0.285. The van der Waals surface area contributed by atoms with Crippen LogP contribution in [-0.2, 0) is 33.7 Å². The summed E-state index contributed by atoms with van der Waals surface area (Å²) in [5.74, 6) is -3.45. The predicted octanol–water partition coefficient (Wildman–Crippen LogP) is -3.44. The lowest BCUT2D eigenvalue weighted by Gasteiger charge is -2.40. The van der Waals surface area contributed by atoms with Crippen LogP contribution in [0.15, 0.2) is 0 Å². The van der Waals surface area contributed by atoms with Crippen LogP contribution in [0.2, 0.25) is 0 Å². The Kier molecular flexibility index (Phi) is 4.51. The standard InChI is InChI=1S/C14H19NO11S/c1-14(2)10(15-4(16)3-5(15)27(14,23)24)13(22)26-9-7(18)6(17)8(11(19)20)25-12(9)21/h5-10,12,17-18,21H,3H2,1-2H3,(H,19,20)/t5-,6+,7+,8+,9-,10+,12-/m1/s1. The zero-order valence-electron chi connectivity index (χ0n) is 14.3. The van der Waals surface area contributed by atoms with Crippen LogP contribution in [0.5, 0.6) is 0 Å². The Morgan fingerprint density at radius 1 is 1.22 bits per heavy atom. The number of carbonyl (C=O) groups excluding carboxylic acids is 2. The normalized spacial score (nSPS) is 42.2. The van der Waals surface area contributed by atoms with E-state index in [0.717, 1.165) is 4.90 Å². The fraction of sp³-hybridized carbons (Fsp3) is 0.786. The maximum atomic E-state index is 12.6. The summed E-state index contributed by atoms with van der Waals surface area (Å²) in [6.45, 7) is 2.50. The van der Waals surface area contributed by atoms with Crippen molar-refractivity contribution < 1.29 is 52.7 Å². The van der Waals surface area contributed by atoms with Gasteiger partial charge >= 0.3 is 11.9 Å². The van der Waals surface area contributed by atoms with E-state index in [1.165, 1.54) is 13.8 Å². The Morgan fingerprint density at radius 3 is 2.33 bits per heavy atom. The molecule has 0 unspecified atom stereocenters. The number of fused-ring (bicyclic) bond motifs is 1. The lowest BCUT2D eigenvalue weighted by atomic mass is 9.96. The Morgan fingerprint density at radius 2 is 1.81 bits per heavy atom. The van der Waals surface area contributed by atoms with E-state index < -0.39 is 74.6 Å². The minimum atomic E-state index is -3.87. The monoisotopic (exact) mass is 409 g/mol. The number of aliphatic carboxylic acids is 1. The van der Waals surface area contributed by atoms with Gasteiger partial charge < -0.3 is 34.8 Å². The smallest absolute Gasteiger partial charge is 0.335 e. The Labute approximate surface area is 153 Å². The maximum absolute atomic E-state index is 12.6. The van der Waals surface area contributed by atoms with Crippen LogP contribution in [0.3, 0.4) is 0 Å². The van der Waals surface area contributed by atoms with E-state index >= 15 is 0 Å². The van der Waals surface area contributed by atoms with Gasteiger partial charge in [-0.25, -0.2) is 18.0 Å². The van der Waals surface area contributed by atoms with Gasteiger partial charge in [0.2, 0.25) is 5.91 Å². The van der Waals surface area contributed by atoms with Gasteiger partial charge in [-0.05, 0) is 13.8 Å². The average Bonchev–Trinajstić information content (AvgIpc) is 2.68. The van der Waals surface area contributed by atoms with E-state index in [1.54, 1.807) is 0 Å². The number of carboxylic acids is 1. The average molecular weight is 409 g/mol. The number of ether oxygens (including phenoxy) is 2. The molecule has 0 aliphatic carbocycles. The zero-order chi connectivity index (χ0) is 20.5. The molecule has 3 aliphatic heterocycles. The first-order valence-electron chi connectivity index (χ1n) is 8.00. The van der Waals surface area contributed by atoms with Crippen LogP contribution in [0.4, 0.5) is 0 Å². The van der Waals surface area contributed by atoms with Gasteiger partial charge in [0.1, 0.15) is 23.6 Å². The molecule has 13 heteroatoms. The van der Waals surface area contributed by atoms with Crippen molar-refractivity contribution in [3.63, 3.8) is 0 Å². The molecule has 3 rings (SSSR count).